The molecule has 190 valence electrons. The number of carbonyl (C=O) groups is 1. The van der Waals surface area contributed by atoms with Gasteiger partial charge in [0.25, 0.3) is 11.6 Å². The van der Waals surface area contributed by atoms with E-state index in [1.165, 1.54) is 23.5 Å². The van der Waals surface area contributed by atoms with E-state index < -0.39 is 4.92 Å². The van der Waals surface area contributed by atoms with Crippen LogP contribution in [-0.4, -0.2) is 21.6 Å². The molecule has 1 N–H and O–H groups in total. The van der Waals surface area contributed by atoms with E-state index in [1.807, 2.05) is 74.5 Å². The summed E-state index contributed by atoms with van der Waals surface area (Å²) in [6.45, 7) is 4.52. The molecule has 0 radical (unpaired) electrons. The number of carbonyl (C=O) groups excluding carboxylic acids is 1. The number of hydrazone groups is 1. The third-order valence-electron chi connectivity index (χ3n) is 6.12. The van der Waals surface area contributed by atoms with Crippen LogP contribution in [0.15, 0.2) is 90.0 Å². The van der Waals surface area contributed by atoms with Gasteiger partial charge in [-0.25, -0.2) is 5.43 Å². The lowest BCUT2D eigenvalue weighted by Gasteiger charge is -2.11. The summed E-state index contributed by atoms with van der Waals surface area (Å²) in [7, 11) is 0. The lowest BCUT2D eigenvalue weighted by atomic mass is 10.2. The Morgan fingerprint density at radius 3 is 2.55 bits per heavy atom. The Morgan fingerprint density at radius 2 is 1.82 bits per heavy atom. The molecule has 0 saturated carbocycles. The number of hydrogen-bond acceptors (Lipinski definition) is 6. The zero-order valence-corrected chi connectivity index (χ0v) is 21.6. The van der Waals surface area contributed by atoms with Gasteiger partial charge in [0.15, 0.2) is 0 Å². The van der Waals surface area contributed by atoms with Crippen LogP contribution < -0.4 is 10.2 Å². The molecule has 0 fully saturated rings. The molecule has 0 bridgehead atoms. The highest BCUT2D eigenvalue weighted by Crippen LogP contribution is 2.29. The number of aromatic nitrogens is 1. The first kappa shape index (κ1) is 24.9. The van der Waals surface area contributed by atoms with E-state index in [4.69, 9.17) is 4.74 Å². The normalized spacial score (nSPS) is 11.2. The number of nitrogens with one attached hydrogen (secondary N) is 1. The van der Waals surface area contributed by atoms with Crippen molar-refractivity contribution in [2.75, 3.05) is 0 Å². The fourth-order valence-corrected chi connectivity index (χ4v) is 5.15. The Labute approximate surface area is 223 Å². The predicted molar refractivity (Wildman–Crippen MR) is 150 cm³/mol. The van der Waals surface area contributed by atoms with Gasteiger partial charge in [0.05, 0.1) is 16.0 Å². The van der Waals surface area contributed by atoms with Crippen LogP contribution in [0.25, 0.3) is 15.8 Å². The molecular weight excluding hydrogens is 500 g/mol. The number of hydrogen-bond donors (Lipinski definition) is 1. The summed E-state index contributed by atoms with van der Waals surface area (Å²) >= 11 is 1.26. The second kappa shape index (κ2) is 10.7. The summed E-state index contributed by atoms with van der Waals surface area (Å²) < 4.78 is 8.81. The first-order chi connectivity index (χ1) is 18.4. The van der Waals surface area contributed by atoms with Gasteiger partial charge in [0.1, 0.15) is 12.4 Å². The minimum atomic E-state index is -0.453. The summed E-state index contributed by atoms with van der Waals surface area (Å²) in [5.74, 6) is 0.422. The predicted octanol–water partition coefficient (Wildman–Crippen LogP) is 6.56. The largest absolute Gasteiger partial charge is 0.489 e. The van der Waals surface area contributed by atoms with Crippen LogP contribution in [0.5, 0.6) is 5.75 Å². The molecule has 3 aromatic carbocycles. The molecular formula is C29H24N4O4S. The standard InChI is InChI=1S/C29H24N4O4S/c1-19-14-23(17-30-31-29(34)28-16-22-15-25(33(35)36)10-13-27(22)38-28)20(2)32(19)24-8-11-26(12-9-24)37-18-21-6-4-3-5-7-21/h3-17H,18H2,1-2H3,(H,31,34)/b30-17-. The third-order valence-corrected chi connectivity index (χ3v) is 7.23. The lowest BCUT2D eigenvalue weighted by molar-refractivity contribution is -0.384. The van der Waals surface area contributed by atoms with Crippen LogP contribution >= 0.6 is 11.3 Å². The minimum absolute atomic E-state index is 0.00927. The van der Waals surface area contributed by atoms with Crippen molar-refractivity contribution in [2.24, 2.45) is 5.10 Å². The maximum atomic E-state index is 12.6. The van der Waals surface area contributed by atoms with Crippen molar-refractivity contribution in [3.63, 3.8) is 0 Å². The summed E-state index contributed by atoms with van der Waals surface area (Å²) in [5, 5.41) is 15.8. The molecule has 0 spiro atoms. The second-order valence-corrected chi connectivity index (χ2v) is 9.80. The lowest BCUT2D eigenvalue weighted by Crippen LogP contribution is -2.16. The topological polar surface area (TPSA) is 98.8 Å². The molecule has 5 rings (SSSR count). The maximum absolute atomic E-state index is 12.6. The second-order valence-electron chi connectivity index (χ2n) is 8.72. The monoisotopic (exact) mass is 524 g/mol. The molecule has 38 heavy (non-hydrogen) atoms. The van der Waals surface area contributed by atoms with Gasteiger partial charge >= 0.3 is 0 Å². The number of benzene rings is 3. The van der Waals surface area contributed by atoms with E-state index in [9.17, 15) is 14.9 Å². The number of nitro groups is 1. The molecule has 8 nitrogen and oxygen atoms in total. The number of fused-ring (bicyclic) bond motifs is 1. The van der Waals surface area contributed by atoms with E-state index >= 15 is 0 Å². The first-order valence-corrected chi connectivity index (χ1v) is 12.7. The third kappa shape index (κ3) is 5.33. The summed E-state index contributed by atoms with van der Waals surface area (Å²) in [4.78, 5) is 23.6. The molecule has 0 saturated heterocycles. The highest BCUT2D eigenvalue weighted by Gasteiger charge is 2.14. The SMILES string of the molecule is Cc1cc(/C=N\NC(=O)c2cc3cc([N+](=O)[O-])ccc3s2)c(C)n1-c1ccc(OCc2ccccc2)cc1. The Balaban J connectivity index is 1.25. The van der Waals surface area contributed by atoms with Crippen molar-refractivity contribution in [1.82, 2.24) is 9.99 Å². The van der Waals surface area contributed by atoms with Gasteiger partial charge in [-0.2, -0.15) is 5.10 Å². The molecule has 1 amide bonds. The van der Waals surface area contributed by atoms with Gasteiger partial charge in [-0.3, -0.25) is 14.9 Å². The van der Waals surface area contributed by atoms with Crippen LogP contribution in [0.2, 0.25) is 0 Å². The van der Waals surface area contributed by atoms with E-state index in [1.54, 1.807) is 18.3 Å². The van der Waals surface area contributed by atoms with Crippen LogP contribution in [0.1, 0.15) is 32.2 Å². The molecule has 0 aliphatic rings. The van der Waals surface area contributed by atoms with Gasteiger partial charge in [0.2, 0.25) is 0 Å². The molecule has 2 heterocycles. The number of thiophene rings is 1. The minimum Gasteiger partial charge on any atom is -0.489 e. The van der Waals surface area contributed by atoms with Crippen LogP contribution in [-0.2, 0) is 6.61 Å². The zero-order chi connectivity index (χ0) is 26.6. The van der Waals surface area contributed by atoms with Crippen molar-refractivity contribution in [2.45, 2.75) is 20.5 Å². The smallest absolute Gasteiger partial charge is 0.281 e. The Morgan fingerprint density at radius 1 is 1.05 bits per heavy atom. The van der Waals surface area contributed by atoms with Gasteiger partial charge in [-0.05, 0) is 61.9 Å². The Hall–Kier alpha value is -4.76. The van der Waals surface area contributed by atoms with Gasteiger partial charge in [0, 0.05) is 44.9 Å². The highest BCUT2D eigenvalue weighted by molar-refractivity contribution is 7.20. The molecule has 0 unspecified atom stereocenters. The number of rotatable bonds is 8. The first-order valence-electron chi connectivity index (χ1n) is 11.9. The zero-order valence-electron chi connectivity index (χ0n) is 20.8. The van der Waals surface area contributed by atoms with Crippen molar-refractivity contribution in [3.8, 4) is 11.4 Å². The van der Waals surface area contributed by atoms with Gasteiger partial charge < -0.3 is 9.30 Å². The number of nitro benzene ring substituents is 1. The Bertz CT molecular complexity index is 1650. The average molecular weight is 525 g/mol. The molecule has 0 aliphatic heterocycles. The van der Waals surface area contributed by atoms with E-state index in [-0.39, 0.29) is 11.6 Å². The molecule has 0 atom stereocenters. The van der Waals surface area contributed by atoms with E-state index in [2.05, 4.69) is 15.1 Å². The van der Waals surface area contributed by atoms with Crippen molar-refractivity contribution in [1.29, 1.82) is 0 Å². The Kier molecular flexibility index (Phi) is 7.01. The number of nitrogens with zero attached hydrogens (tertiary/aromatic N) is 3. The average Bonchev–Trinajstić information content (AvgIpc) is 3.48. The summed E-state index contributed by atoms with van der Waals surface area (Å²) in [6.07, 6.45) is 1.62. The molecule has 9 heteroatoms. The van der Waals surface area contributed by atoms with E-state index in [0.29, 0.717) is 16.9 Å². The fraction of sp³-hybridized carbons (Fsp3) is 0.103. The fourth-order valence-electron chi connectivity index (χ4n) is 4.22. The number of ether oxygens (including phenoxy) is 1. The summed E-state index contributed by atoms with van der Waals surface area (Å²) in [5.41, 5.74) is 7.54. The van der Waals surface area contributed by atoms with Crippen molar-refractivity contribution < 1.29 is 14.5 Å². The van der Waals surface area contributed by atoms with Crippen molar-refractivity contribution >= 4 is 39.2 Å². The number of non-ortho nitro benzene ring substituents is 1. The summed E-state index contributed by atoms with van der Waals surface area (Å²) in [6, 6.07) is 26.1. The van der Waals surface area contributed by atoms with E-state index in [0.717, 1.165) is 38.7 Å². The van der Waals surface area contributed by atoms with Gasteiger partial charge in [-0.15, -0.1) is 11.3 Å². The quantitative estimate of drug-likeness (QED) is 0.141. The molecule has 5 aromatic rings. The van der Waals surface area contributed by atoms with Crippen LogP contribution in [0.3, 0.4) is 0 Å². The van der Waals surface area contributed by atoms with Crippen LogP contribution in [0.4, 0.5) is 5.69 Å². The highest BCUT2D eigenvalue weighted by atomic mass is 32.1. The number of aryl methyl sites for hydroxylation is 1. The van der Waals surface area contributed by atoms with Gasteiger partial charge in [-0.1, -0.05) is 30.3 Å². The maximum Gasteiger partial charge on any atom is 0.281 e. The van der Waals surface area contributed by atoms with Crippen molar-refractivity contribution in [3.05, 3.63) is 122 Å². The molecule has 0 aliphatic carbocycles. The number of amides is 1. The molecule has 2 aromatic heterocycles. The van der Waals surface area contributed by atoms with Crippen LogP contribution in [0, 0.1) is 24.0 Å².